The quantitative estimate of drug-likeness (QED) is 0.856. The lowest BCUT2D eigenvalue weighted by Gasteiger charge is -2.36. The second-order valence-corrected chi connectivity index (χ2v) is 7.08. The van der Waals surface area contributed by atoms with Crippen molar-refractivity contribution in [3.8, 4) is 5.82 Å². The molecular formula is C17H18ClF3N4O2. The summed E-state index contributed by atoms with van der Waals surface area (Å²) in [5.74, 6) is -0.732. The molecule has 1 aliphatic heterocycles. The van der Waals surface area contributed by atoms with E-state index < -0.39 is 17.7 Å². The van der Waals surface area contributed by atoms with Gasteiger partial charge < -0.3 is 10.0 Å². The van der Waals surface area contributed by atoms with E-state index in [9.17, 15) is 23.1 Å². The monoisotopic (exact) mass is 402 g/mol. The van der Waals surface area contributed by atoms with E-state index in [0.717, 1.165) is 10.6 Å². The zero-order valence-electron chi connectivity index (χ0n) is 14.4. The Morgan fingerprint density at radius 2 is 1.93 bits per heavy atom. The maximum absolute atomic E-state index is 12.9. The van der Waals surface area contributed by atoms with Gasteiger partial charge in [0.15, 0.2) is 5.82 Å². The second-order valence-electron chi connectivity index (χ2n) is 6.64. The maximum Gasteiger partial charge on any atom is 0.426 e. The van der Waals surface area contributed by atoms with Crippen LogP contribution in [0.25, 0.3) is 5.82 Å². The van der Waals surface area contributed by atoms with E-state index in [0.29, 0.717) is 30.6 Å². The summed E-state index contributed by atoms with van der Waals surface area (Å²) in [6.45, 7) is 0.729. The topological polar surface area (TPSA) is 71.2 Å². The summed E-state index contributed by atoms with van der Waals surface area (Å²) in [5, 5.41) is 14.3. The van der Waals surface area contributed by atoms with Crippen molar-refractivity contribution in [3.63, 3.8) is 0 Å². The summed E-state index contributed by atoms with van der Waals surface area (Å²) in [4.78, 5) is 17.4. The Morgan fingerprint density at radius 1 is 1.26 bits per heavy atom. The number of alkyl halides is 3. The van der Waals surface area contributed by atoms with Crippen molar-refractivity contribution in [2.75, 3.05) is 13.1 Å². The average molecular weight is 403 g/mol. The lowest BCUT2D eigenvalue weighted by atomic mass is 9.92. The number of amides is 1. The number of hydrogen-bond donors (Lipinski definition) is 1. The fourth-order valence-electron chi connectivity index (χ4n) is 3.11. The van der Waals surface area contributed by atoms with Gasteiger partial charge in [-0.05, 0) is 38.0 Å². The highest BCUT2D eigenvalue weighted by atomic mass is 35.5. The number of hydrogen-bond acceptors (Lipinski definition) is 4. The molecule has 0 aliphatic carbocycles. The molecule has 0 unspecified atom stereocenters. The SMILES string of the molecule is C[C@@](O)(C(=O)N1CCC(c2ccnn2-c2ccc(Cl)cn2)CC1)C(F)(F)F. The van der Waals surface area contributed by atoms with Gasteiger partial charge in [0, 0.05) is 37.1 Å². The Kier molecular flexibility index (Phi) is 5.18. The van der Waals surface area contributed by atoms with Crippen molar-refractivity contribution in [2.24, 2.45) is 0 Å². The molecule has 6 nitrogen and oxygen atoms in total. The van der Waals surface area contributed by atoms with Crippen LogP contribution in [0, 0.1) is 0 Å². The molecular weight excluding hydrogens is 385 g/mol. The number of carbonyl (C=O) groups is 1. The first-order valence-corrected chi connectivity index (χ1v) is 8.73. The molecule has 0 radical (unpaired) electrons. The van der Waals surface area contributed by atoms with E-state index in [1.807, 2.05) is 6.07 Å². The lowest BCUT2D eigenvalue weighted by molar-refractivity contribution is -0.250. The van der Waals surface area contributed by atoms with Gasteiger partial charge in [0.25, 0.3) is 5.91 Å². The molecule has 27 heavy (non-hydrogen) atoms. The molecule has 2 aromatic rings. The number of piperidine rings is 1. The van der Waals surface area contributed by atoms with Crippen molar-refractivity contribution in [1.82, 2.24) is 19.7 Å². The fourth-order valence-corrected chi connectivity index (χ4v) is 3.23. The van der Waals surface area contributed by atoms with E-state index in [4.69, 9.17) is 11.6 Å². The van der Waals surface area contributed by atoms with Crippen LogP contribution in [0.2, 0.25) is 5.02 Å². The Labute approximate surface area is 158 Å². The van der Waals surface area contributed by atoms with Crippen LogP contribution in [0.3, 0.4) is 0 Å². The Morgan fingerprint density at radius 3 is 2.48 bits per heavy atom. The molecule has 3 heterocycles. The summed E-state index contributed by atoms with van der Waals surface area (Å²) >= 11 is 5.85. The molecule has 0 aromatic carbocycles. The Hall–Kier alpha value is -2.13. The van der Waals surface area contributed by atoms with Gasteiger partial charge in [-0.15, -0.1) is 0 Å². The molecule has 3 rings (SSSR count). The van der Waals surface area contributed by atoms with Crippen LogP contribution >= 0.6 is 11.6 Å². The van der Waals surface area contributed by atoms with Gasteiger partial charge in [-0.3, -0.25) is 4.79 Å². The van der Waals surface area contributed by atoms with Crippen molar-refractivity contribution in [3.05, 3.63) is 41.3 Å². The van der Waals surface area contributed by atoms with E-state index in [1.165, 1.54) is 6.20 Å². The molecule has 1 amide bonds. The van der Waals surface area contributed by atoms with Crippen LogP contribution in [0.5, 0.6) is 0 Å². The number of likely N-dealkylation sites (tertiary alicyclic amines) is 1. The molecule has 2 aromatic heterocycles. The smallest absolute Gasteiger partial charge is 0.373 e. The molecule has 0 spiro atoms. The third kappa shape index (κ3) is 3.79. The van der Waals surface area contributed by atoms with Gasteiger partial charge in [0.2, 0.25) is 5.60 Å². The predicted molar refractivity (Wildman–Crippen MR) is 91.6 cm³/mol. The zero-order chi connectivity index (χ0) is 19.8. The lowest BCUT2D eigenvalue weighted by Crippen LogP contribution is -2.57. The van der Waals surface area contributed by atoms with Crippen LogP contribution in [-0.2, 0) is 4.79 Å². The van der Waals surface area contributed by atoms with Crippen LogP contribution in [0.4, 0.5) is 13.2 Å². The summed E-state index contributed by atoms with van der Waals surface area (Å²) in [5.41, 5.74) is -2.52. The fraction of sp³-hybridized carbons (Fsp3) is 0.471. The summed E-state index contributed by atoms with van der Waals surface area (Å²) in [7, 11) is 0. The van der Waals surface area contributed by atoms with Gasteiger partial charge in [-0.2, -0.15) is 18.3 Å². The molecule has 1 aliphatic rings. The highest BCUT2D eigenvalue weighted by molar-refractivity contribution is 6.30. The number of carbonyl (C=O) groups excluding carboxylic acids is 1. The highest BCUT2D eigenvalue weighted by Crippen LogP contribution is 2.34. The number of rotatable bonds is 3. The van der Waals surface area contributed by atoms with E-state index in [-0.39, 0.29) is 19.0 Å². The number of halogens is 4. The van der Waals surface area contributed by atoms with Crippen LogP contribution in [0.15, 0.2) is 30.6 Å². The van der Waals surface area contributed by atoms with Crippen LogP contribution < -0.4 is 0 Å². The first-order chi connectivity index (χ1) is 12.6. The van der Waals surface area contributed by atoms with Gasteiger partial charge >= 0.3 is 6.18 Å². The summed E-state index contributed by atoms with van der Waals surface area (Å²) in [6.07, 6.45) is -0.974. The summed E-state index contributed by atoms with van der Waals surface area (Å²) < 4.78 is 40.3. The second kappa shape index (κ2) is 7.12. The highest BCUT2D eigenvalue weighted by Gasteiger charge is 2.57. The largest absolute Gasteiger partial charge is 0.426 e. The molecule has 1 fully saturated rings. The summed E-state index contributed by atoms with van der Waals surface area (Å²) in [6, 6.07) is 5.23. The first-order valence-electron chi connectivity index (χ1n) is 8.35. The van der Waals surface area contributed by atoms with Gasteiger partial charge in [0.05, 0.1) is 5.02 Å². The molecule has 146 valence electrons. The zero-order valence-corrected chi connectivity index (χ0v) is 15.2. The molecule has 10 heteroatoms. The molecule has 1 atom stereocenters. The molecule has 1 saturated heterocycles. The number of aliphatic hydroxyl groups is 1. The Bertz CT molecular complexity index is 812. The Balaban J connectivity index is 1.71. The minimum atomic E-state index is -5.01. The third-order valence-electron chi connectivity index (χ3n) is 4.77. The predicted octanol–water partition coefficient (Wildman–Crippen LogP) is 2.94. The van der Waals surface area contributed by atoms with Crippen molar-refractivity contribution >= 4 is 17.5 Å². The normalized spacial score (nSPS) is 18.4. The average Bonchev–Trinajstić information content (AvgIpc) is 3.10. The first kappa shape index (κ1) is 19.6. The van der Waals surface area contributed by atoms with E-state index in [1.54, 1.807) is 23.0 Å². The van der Waals surface area contributed by atoms with Crippen molar-refractivity contribution < 1.29 is 23.1 Å². The molecule has 0 saturated carbocycles. The standard InChI is InChI=1S/C17H18ClF3N4O2/c1-16(27,17(19,20)21)15(26)24-8-5-11(6-9-24)13-4-7-23-25(13)14-3-2-12(18)10-22-14/h2-4,7,10-11,27H,5-6,8-9H2,1H3/t16-/m1/s1. The van der Waals surface area contributed by atoms with Crippen LogP contribution in [0.1, 0.15) is 31.4 Å². The van der Waals surface area contributed by atoms with Gasteiger partial charge in [-0.25, -0.2) is 9.67 Å². The minimum absolute atomic E-state index is 0.00450. The van der Waals surface area contributed by atoms with Gasteiger partial charge in [-0.1, -0.05) is 11.6 Å². The number of aromatic nitrogens is 3. The van der Waals surface area contributed by atoms with Crippen molar-refractivity contribution in [1.29, 1.82) is 0 Å². The minimum Gasteiger partial charge on any atom is -0.373 e. The van der Waals surface area contributed by atoms with Crippen molar-refractivity contribution in [2.45, 2.75) is 37.5 Å². The van der Waals surface area contributed by atoms with Gasteiger partial charge in [0.1, 0.15) is 0 Å². The molecule has 0 bridgehead atoms. The molecule has 1 N–H and O–H groups in total. The third-order valence-corrected chi connectivity index (χ3v) is 4.99. The maximum atomic E-state index is 12.9. The van der Waals surface area contributed by atoms with Crippen LogP contribution in [-0.4, -0.2) is 55.5 Å². The van der Waals surface area contributed by atoms with E-state index in [2.05, 4.69) is 10.1 Å². The van der Waals surface area contributed by atoms with E-state index >= 15 is 0 Å². The number of nitrogens with zero attached hydrogens (tertiary/aromatic N) is 4. The number of pyridine rings is 1.